The molecule has 4 rings (SSSR count). The summed E-state index contributed by atoms with van der Waals surface area (Å²) in [5.74, 6) is -0.512. The fraction of sp³-hybridized carbons (Fsp3) is 0.190. The molecule has 28 heavy (non-hydrogen) atoms. The van der Waals surface area contributed by atoms with Gasteiger partial charge in [0.15, 0.2) is 0 Å². The van der Waals surface area contributed by atoms with Crippen LogP contribution in [0, 0.1) is 0 Å². The average molecular weight is 396 g/mol. The molecule has 2 aromatic carbocycles. The third-order valence-electron chi connectivity index (χ3n) is 4.53. The first-order valence-electron chi connectivity index (χ1n) is 8.98. The van der Waals surface area contributed by atoms with Crippen LogP contribution in [0.5, 0.6) is 0 Å². The molecular weight excluding hydrogens is 378 g/mol. The maximum absolute atomic E-state index is 12.7. The molecule has 1 unspecified atom stereocenters. The van der Waals surface area contributed by atoms with E-state index in [1.165, 1.54) is 0 Å². The quantitative estimate of drug-likeness (QED) is 0.691. The Morgan fingerprint density at radius 2 is 2.00 bits per heavy atom. The molecular formula is C21H18ClN3O3. The predicted octanol–water partition coefficient (Wildman–Crippen LogP) is 4.26. The Balaban J connectivity index is 1.53. The highest BCUT2D eigenvalue weighted by molar-refractivity contribution is 6.32. The lowest BCUT2D eigenvalue weighted by atomic mass is 10.1. The number of ether oxygens (including phenoxy) is 1. The van der Waals surface area contributed by atoms with Crippen molar-refractivity contribution in [2.24, 2.45) is 0 Å². The van der Waals surface area contributed by atoms with E-state index in [1.807, 2.05) is 12.1 Å². The molecule has 0 saturated carbocycles. The number of aromatic nitrogens is 1. The number of nitrogens with zero attached hydrogens (tertiary/aromatic N) is 1. The van der Waals surface area contributed by atoms with Gasteiger partial charge in [-0.1, -0.05) is 23.7 Å². The Morgan fingerprint density at radius 3 is 2.82 bits per heavy atom. The van der Waals surface area contributed by atoms with Crippen molar-refractivity contribution >= 4 is 45.7 Å². The van der Waals surface area contributed by atoms with Gasteiger partial charge in [-0.3, -0.25) is 14.6 Å². The molecule has 2 heterocycles. The lowest BCUT2D eigenvalue weighted by Gasteiger charge is -2.12. The first-order chi connectivity index (χ1) is 13.6. The maximum atomic E-state index is 12.7. The van der Waals surface area contributed by atoms with E-state index < -0.39 is 6.10 Å². The number of anilines is 2. The van der Waals surface area contributed by atoms with E-state index in [0.717, 1.165) is 11.8 Å². The van der Waals surface area contributed by atoms with Crippen LogP contribution in [-0.2, 0) is 9.53 Å². The molecule has 142 valence electrons. The van der Waals surface area contributed by atoms with Crippen molar-refractivity contribution in [3.63, 3.8) is 0 Å². The minimum absolute atomic E-state index is 0.194. The van der Waals surface area contributed by atoms with Crippen molar-refractivity contribution in [2.45, 2.75) is 18.9 Å². The van der Waals surface area contributed by atoms with Crippen molar-refractivity contribution < 1.29 is 14.3 Å². The molecule has 1 atom stereocenters. The van der Waals surface area contributed by atoms with Crippen molar-refractivity contribution in [1.29, 1.82) is 0 Å². The third kappa shape index (κ3) is 3.98. The second-order valence-electron chi connectivity index (χ2n) is 6.55. The molecule has 2 amide bonds. The number of pyridine rings is 1. The van der Waals surface area contributed by atoms with Gasteiger partial charge in [-0.2, -0.15) is 0 Å². The summed E-state index contributed by atoms with van der Waals surface area (Å²) in [5, 5.41) is 7.00. The van der Waals surface area contributed by atoms with Gasteiger partial charge in [-0.15, -0.1) is 0 Å². The normalized spacial score (nSPS) is 16.1. The summed E-state index contributed by atoms with van der Waals surface area (Å²) in [5.41, 5.74) is 2.14. The van der Waals surface area contributed by atoms with Crippen LogP contribution in [0.2, 0.25) is 5.02 Å². The molecule has 1 fully saturated rings. The number of halogens is 1. The molecule has 2 N–H and O–H groups in total. The highest BCUT2D eigenvalue weighted by Crippen LogP contribution is 2.27. The molecule has 7 heteroatoms. The first kappa shape index (κ1) is 18.4. The number of hydrogen-bond acceptors (Lipinski definition) is 4. The summed E-state index contributed by atoms with van der Waals surface area (Å²) >= 11 is 6.16. The number of rotatable bonds is 4. The van der Waals surface area contributed by atoms with E-state index in [2.05, 4.69) is 15.6 Å². The number of fused-ring (bicyclic) bond motifs is 1. The van der Waals surface area contributed by atoms with Gasteiger partial charge in [0.1, 0.15) is 6.10 Å². The van der Waals surface area contributed by atoms with Crippen LogP contribution in [0.1, 0.15) is 23.2 Å². The van der Waals surface area contributed by atoms with Crippen LogP contribution in [0.15, 0.2) is 54.7 Å². The molecule has 3 aromatic rings. The van der Waals surface area contributed by atoms with Gasteiger partial charge in [-0.05, 0) is 49.2 Å². The van der Waals surface area contributed by atoms with Crippen LogP contribution < -0.4 is 10.6 Å². The minimum Gasteiger partial charge on any atom is -0.368 e. The smallest absolute Gasteiger partial charge is 0.255 e. The Morgan fingerprint density at radius 1 is 1.11 bits per heavy atom. The molecule has 0 radical (unpaired) electrons. The predicted molar refractivity (Wildman–Crippen MR) is 109 cm³/mol. The van der Waals surface area contributed by atoms with Gasteiger partial charge in [0.2, 0.25) is 0 Å². The summed E-state index contributed by atoms with van der Waals surface area (Å²) in [6.45, 7) is 0.599. The molecule has 0 aliphatic carbocycles. The average Bonchev–Trinajstić information content (AvgIpc) is 3.23. The largest absolute Gasteiger partial charge is 0.368 e. The number of amides is 2. The van der Waals surface area contributed by atoms with Crippen LogP contribution in [0.3, 0.4) is 0 Å². The van der Waals surface area contributed by atoms with Gasteiger partial charge in [0, 0.05) is 34.5 Å². The molecule has 1 aromatic heterocycles. The number of carbonyl (C=O) groups excluding carboxylic acids is 2. The monoisotopic (exact) mass is 395 g/mol. The summed E-state index contributed by atoms with van der Waals surface area (Å²) < 4.78 is 5.38. The van der Waals surface area contributed by atoms with E-state index >= 15 is 0 Å². The Hall–Kier alpha value is -2.96. The second kappa shape index (κ2) is 7.96. The number of nitrogens with one attached hydrogen (secondary N) is 2. The van der Waals surface area contributed by atoms with Crippen LogP contribution in [-0.4, -0.2) is 29.5 Å². The topological polar surface area (TPSA) is 80.3 Å². The molecule has 1 aliphatic rings. The maximum Gasteiger partial charge on any atom is 0.255 e. The van der Waals surface area contributed by atoms with E-state index in [-0.39, 0.29) is 11.8 Å². The van der Waals surface area contributed by atoms with Crippen molar-refractivity contribution in [3.8, 4) is 0 Å². The van der Waals surface area contributed by atoms with Gasteiger partial charge in [-0.25, -0.2) is 0 Å². The zero-order chi connectivity index (χ0) is 19.5. The zero-order valence-corrected chi connectivity index (χ0v) is 15.7. The Bertz CT molecular complexity index is 1050. The molecule has 6 nitrogen and oxygen atoms in total. The Kier molecular flexibility index (Phi) is 5.23. The van der Waals surface area contributed by atoms with Crippen LogP contribution in [0.25, 0.3) is 10.9 Å². The molecule has 1 saturated heterocycles. The van der Waals surface area contributed by atoms with Gasteiger partial charge >= 0.3 is 0 Å². The van der Waals surface area contributed by atoms with Crippen molar-refractivity contribution in [3.05, 3.63) is 65.3 Å². The van der Waals surface area contributed by atoms with Gasteiger partial charge in [0.25, 0.3) is 11.8 Å². The van der Waals surface area contributed by atoms with Crippen molar-refractivity contribution in [2.75, 3.05) is 17.2 Å². The first-order valence-corrected chi connectivity index (χ1v) is 9.36. The molecule has 1 aliphatic heterocycles. The zero-order valence-electron chi connectivity index (χ0n) is 14.9. The fourth-order valence-corrected chi connectivity index (χ4v) is 3.42. The lowest BCUT2D eigenvalue weighted by molar-refractivity contribution is -0.124. The highest BCUT2D eigenvalue weighted by Gasteiger charge is 2.23. The van der Waals surface area contributed by atoms with E-state index in [1.54, 1.807) is 42.6 Å². The molecule has 0 spiro atoms. The van der Waals surface area contributed by atoms with Crippen LogP contribution >= 0.6 is 11.6 Å². The van der Waals surface area contributed by atoms with E-state index in [9.17, 15) is 9.59 Å². The summed E-state index contributed by atoms with van der Waals surface area (Å²) in [6, 6.07) is 13.9. The van der Waals surface area contributed by atoms with Gasteiger partial charge < -0.3 is 15.4 Å². The standard InChI is InChI=1S/C21H18ClN3O3/c22-15-10-13-5-2-8-23-19(13)17(12-15)25-20(26)14-4-1-6-16(11-14)24-21(27)18-7-3-9-28-18/h1-2,4-6,8,10-12,18H,3,7,9H2,(H,24,27)(H,25,26). The van der Waals surface area contributed by atoms with E-state index in [0.29, 0.717) is 40.5 Å². The SMILES string of the molecule is O=C(Nc1cc(Cl)cc2cccnc12)c1cccc(NC(=O)C2CCCO2)c1. The number of hydrogen-bond donors (Lipinski definition) is 2. The fourth-order valence-electron chi connectivity index (χ4n) is 3.19. The Labute approximate surface area is 166 Å². The lowest BCUT2D eigenvalue weighted by Crippen LogP contribution is -2.27. The number of benzene rings is 2. The van der Waals surface area contributed by atoms with E-state index in [4.69, 9.17) is 16.3 Å². The van der Waals surface area contributed by atoms with Crippen LogP contribution in [0.4, 0.5) is 11.4 Å². The summed E-state index contributed by atoms with van der Waals surface area (Å²) in [4.78, 5) is 29.3. The van der Waals surface area contributed by atoms with Gasteiger partial charge in [0.05, 0.1) is 11.2 Å². The minimum atomic E-state index is -0.429. The van der Waals surface area contributed by atoms with Crippen molar-refractivity contribution in [1.82, 2.24) is 4.98 Å². The summed E-state index contributed by atoms with van der Waals surface area (Å²) in [7, 11) is 0. The third-order valence-corrected chi connectivity index (χ3v) is 4.75. The number of carbonyl (C=O) groups is 2. The second-order valence-corrected chi connectivity index (χ2v) is 6.99. The summed E-state index contributed by atoms with van der Waals surface area (Å²) in [6.07, 6.45) is 2.82. The highest BCUT2D eigenvalue weighted by atomic mass is 35.5. The molecule has 0 bridgehead atoms.